The number of esters is 1. The minimum absolute atomic E-state index is 0.0350. The van der Waals surface area contributed by atoms with Gasteiger partial charge in [-0.25, -0.2) is 4.79 Å². The molecule has 0 saturated heterocycles. The summed E-state index contributed by atoms with van der Waals surface area (Å²) in [5.41, 5.74) is 5.27. The van der Waals surface area contributed by atoms with E-state index in [0.29, 0.717) is 0 Å². The predicted molar refractivity (Wildman–Crippen MR) is 49.5 cm³/mol. The number of aliphatic carboxylic acids is 1. The fourth-order valence-corrected chi connectivity index (χ4v) is 1.09. The van der Waals surface area contributed by atoms with Crippen molar-refractivity contribution >= 4 is 11.9 Å². The van der Waals surface area contributed by atoms with Gasteiger partial charge in [0.25, 0.3) is 0 Å². The first-order valence-corrected chi connectivity index (χ1v) is 4.21. The minimum Gasteiger partial charge on any atom is -0.481 e. The normalized spacial score (nSPS) is 12.1. The van der Waals surface area contributed by atoms with E-state index >= 15 is 0 Å². The maximum atomic E-state index is 11.0. The van der Waals surface area contributed by atoms with E-state index in [0.717, 1.165) is 0 Å². The first kappa shape index (κ1) is 11.3. The molecule has 1 heterocycles. The number of rotatable bonds is 4. The molecule has 0 saturated carbocycles. The Bertz CT molecular complexity index is 370. The Kier molecular flexibility index (Phi) is 3.46. The van der Waals surface area contributed by atoms with Gasteiger partial charge in [-0.05, 0) is 12.1 Å². The SMILES string of the molecule is COC(=O)c1ccc(C(CN)C(=O)O)o1. The number of methoxy groups -OCH3 is 1. The van der Waals surface area contributed by atoms with Crippen molar-refractivity contribution < 1.29 is 23.8 Å². The van der Waals surface area contributed by atoms with E-state index in [9.17, 15) is 9.59 Å². The standard InChI is InChI=1S/C9H11NO5/c1-14-9(13)7-3-2-6(15-7)5(4-10)8(11)12/h2-3,5H,4,10H2,1H3,(H,11,12). The van der Waals surface area contributed by atoms with Crippen LogP contribution in [0.5, 0.6) is 0 Å². The molecule has 1 unspecified atom stereocenters. The van der Waals surface area contributed by atoms with Crippen molar-refractivity contribution in [3.63, 3.8) is 0 Å². The van der Waals surface area contributed by atoms with Gasteiger partial charge >= 0.3 is 11.9 Å². The molecule has 0 aliphatic heterocycles. The molecule has 0 aliphatic carbocycles. The number of hydrogen-bond donors (Lipinski definition) is 2. The number of furan rings is 1. The van der Waals surface area contributed by atoms with Crippen molar-refractivity contribution in [3.05, 3.63) is 23.7 Å². The first-order chi connectivity index (χ1) is 7.10. The van der Waals surface area contributed by atoms with Gasteiger partial charge in [0.1, 0.15) is 11.7 Å². The number of carboxylic acid groups (broad SMARTS) is 1. The Morgan fingerprint density at radius 1 is 1.60 bits per heavy atom. The van der Waals surface area contributed by atoms with Crippen molar-refractivity contribution in [2.24, 2.45) is 5.73 Å². The van der Waals surface area contributed by atoms with Crippen LogP contribution in [0.4, 0.5) is 0 Å². The second-order valence-corrected chi connectivity index (χ2v) is 2.82. The Morgan fingerprint density at radius 3 is 2.73 bits per heavy atom. The molecule has 0 fully saturated rings. The number of nitrogens with two attached hydrogens (primary N) is 1. The quantitative estimate of drug-likeness (QED) is 0.692. The molecule has 1 rings (SSSR count). The molecule has 6 heteroatoms. The van der Waals surface area contributed by atoms with Crippen molar-refractivity contribution in [1.82, 2.24) is 0 Å². The van der Waals surface area contributed by atoms with E-state index in [1.807, 2.05) is 0 Å². The molecule has 1 atom stereocenters. The van der Waals surface area contributed by atoms with Gasteiger partial charge in [-0.2, -0.15) is 0 Å². The summed E-state index contributed by atoms with van der Waals surface area (Å²) in [6.45, 7) is -0.0938. The van der Waals surface area contributed by atoms with Crippen LogP contribution < -0.4 is 5.73 Å². The zero-order chi connectivity index (χ0) is 11.4. The lowest BCUT2D eigenvalue weighted by atomic mass is 10.1. The molecule has 0 aromatic carbocycles. The van der Waals surface area contributed by atoms with Crippen LogP contribution in [-0.2, 0) is 9.53 Å². The summed E-state index contributed by atoms with van der Waals surface area (Å²) < 4.78 is 9.43. The number of carbonyl (C=O) groups is 2. The Hall–Kier alpha value is -1.82. The maximum absolute atomic E-state index is 11.0. The van der Waals surface area contributed by atoms with Crippen LogP contribution in [0.3, 0.4) is 0 Å². The van der Waals surface area contributed by atoms with Crippen molar-refractivity contribution in [1.29, 1.82) is 0 Å². The summed E-state index contributed by atoms with van der Waals surface area (Å²) in [5, 5.41) is 8.78. The Labute approximate surface area is 85.6 Å². The molecule has 1 aromatic heterocycles. The highest BCUT2D eigenvalue weighted by Gasteiger charge is 2.23. The van der Waals surface area contributed by atoms with Gasteiger partial charge in [-0.3, -0.25) is 4.79 Å². The largest absolute Gasteiger partial charge is 0.481 e. The van der Waals surface area contributed by atoms with E-state index < -0.39 is 17.9 Å². The molecular weight excluding hydrogens is 202 g/mol. The van der Waals surface area contributed by atoms with Gasteiger partial charge in [0.2, 0.25) is 5.76 Å². The average Bonchev–Trinajstić information content (AvgIpc) is 2.66. The summed E-state index contributed by atoms with van der Waals surface area (Å²) in [6.07, 6.45) is 0. The number of carboxylic acids is 1. The molecule has 1 aromatic rings. The molecule has 0 radical (unpaired) electrons. The molecule has 15 heavy (non-hydrogen) atoms. The lowest BCUT2D eigenvalue weighted by Gasteiger charge is -2.04. The van der Waals surface area contributed by atoms with E-state index in [-0.39, 0.29) is 18.1 Å². The van der Waals surface area contributed by atoms with Crippen LogP contribution >= 0.6 is 0 Å². The number of ether oxygens (including phenoxy) is 1. The highest BCUT2D eigenvalue weighted by Crippen LogP contribution is 2.18. The fraction of sp³-hybridized carbons (Fsp3) is 0.333. The van der Waals surface area contributed by atoms with Gasteiger partial charge in [0.05, 0.1) is 7.11 Å². The second kappa shape index (κ2) is 4.61. The molecule has 0 amide bonds. The predicted octanol–water partition coefficient (Wildman–Crippen LogP) is 0.193. The fourth-order valence-electron chi connectivity index (χ4n) is 1.09. The third kappa shape index (κ3) is 2.35. The van der Waals surface area contributed by atoms with Crippen molar-refractivity contribution in [2.45, 2.75) is 5.92 Å². The lowest BCUT2D eigenvalue weighted by molar-refractivity contribution is -0.138. The third-order valence-corrected chi connectivity index (χ3v) is 1.89. The zero-order valence-corrected chi connectivity index (χ0v) is 8.10. The van der Waals surface area contributed by atoms with Gasteiger partial charge in [0.15, 0.2) is 0 Å². The van der Waals surface area contributed by atoms with Gasteiger partial charge < -0.3 is 20.0 Å². The topological polar surface area (TPSA) is 103 Å². The van der Waals surface area contributed by atoms with Crippen LogP contribution in [-0.4, -0.2) is 30.7 Å². The molecule has 6 nitrogen and oxygen atoms in total. The van der Waals surface area contributed by atoms with Gasteiger partial charge in [-0.15, -0.1) is 0 Å². The molecule has 82 valence electrons. The zero-order valence-electron chi connectivity index (χ0n) is 8.10. The van der Waals surface area contributed by atoms with Crippen LogP contribution in [0.2, 0.25) is 0 Å². The number of hydrogen-bond acceptors (Lipinski definition) is 5. The highest BCUT2D eigenvalue weighted by molar-refractivity contribution is 5.86. The summed E-state index contributed by atoms with van der Waals surface area (Å²) in [7, 11) is 1.21. The molecule has 3 N–H and O–H groups in total. The lowest BCUT2D eigenvalue weighted by Crippen LogP contribution is -2.20. The average molecular weight is 213 g/mol. The Morgan fingerprint density at radius 2 is 2.27 bits per heavy atom. The third-order valence-electron chi connectivity index (χ3n) is 1.89. The highest BCUT2D eigenvalue weighted by atomic mass is 16.5. The molecule has 0 bridgehead atoms. The Balaban J connectivity index is 2.92. The van der Waals surface area contributed by atoms with Gasteiger partial charge in [-0.1, -0.05) is 0 Å². The van der Waals surface area contributed by atoms with E-state index in [2.05, 4.69) is 4.74 Å². The van der Waals surface area contributed by atoms with E-state index in [1.54, 1.807) is 0 Å². The van der Waals surface area contributed by atoms with E-state index in [1.165, 1.54) is 19.2 Å². The van der Waals surface area contributed by atoms with E-state index in [4.69, 9.17) is 15.3 Å². The molecular formula is C9H11NO5. The monoisotopic (exact) mass is 213 g/mol. The smallest absolute Gasteiger partial charge is 0.373 e. The first-order valence-electron chi connectivity index (χ1n) is 4.21. The van der Waals surface area contributed by atoms with Crippen LogP contribution in [0.1, 0.15) is 22.2 Å². The summed E-state index contributed by atoms with van der Waals surface area (Å²) in [5.74, 6) is -2.58. The second-order valence-electron chi connectivity index (χ2n) is 2.82. The number of carbonyl (C=O) groups excluding carboxylic acids is 1. The summed E-state index contributed by atoms with van der Waals surface area (Å²) in [4.78, 5) is 21.7. The van der Waals surface area contributed by atoms with Crippen molar-refractivity contribution in [2.75, 3.05) is 13.7 Å². The van der Waals surface area contributed by atoms with Crippen molar-refractivity contribution in [3.8, 4) is 0 Å². The molecule has 0 spiro atoms. The maximum Gasteiger partial charge on any atom is 0.373 e. The summed E-state index contributed by atoms with van der Waals surface area (Å²) >= 11 is 0. The van der Waals surface area contributed by atoms with Crippen LogP contribution in [0, 0.1) is 0 Å². The molecule has 0 aliphatic rings. The summed E-state index contributed by atoms with van der Waals surface area (Å²) in [6, 6.07) is 2.75. The minimum atomic E-state index is -1.09. The van der Waals surface area contributed by atoms with Gasteiger partial charge in [0, 0.05) is 6.54 Å². The van der Waals surface area contributed by atoms with Crippen LogP contribution in [0.15, 0.2) is 16.5 Å². The van der Waals surface area contributed by atoms with Crippen LogP contribution in [0.25, 0.3) is 0 Å².